The molecule has 0 bridgehead atoms. The van der Waals surface area contributed by atoms with E-state index in [0.29, 0.717) is 23.8 Å². The molecule has 3 rings (SSSR count). The van der Waals surface area contributed by atoms with Crippen molar-refractivity contribution in [1.29, 1.82) is 0 Å². The van der Waals surface area contributed by atoms with Crippen LogP contribution in [0.3, 0.4) is 0 Å². The quantitative estimate of drug-likeness (QED) is 0.803. The minimum absolute atomic E-state index is 0.0848. The van der Waals surface area contributed by atoms with Gasteiger partial charge in [-0.05, 0) is 17.7 Å². The second-order valence-electron chi connectivity index (χ2n) is 4.88. The van der Waals surface area contributed by atoms with Crippen molar-refractivity contribution in [2.75, 3.05) is 0 Å². The number of aryl methyl sites for hydroxylation is 1. The Balaban J connectivity index is 1.63. The third kappa shape index (κ3) is 3.20. The minimum atomic E-state index is -0.0848. The van der Waals surface area contributed by atoms with Gasteiger partial charge in [0.2, 0.25) is 11.7 Å². The van der Waals surface area contributed by atoms with Crippen molar-refractivity contribution < 1.29 is 9.32 Å². The van der Waals surface area contributed by atoms with Gasteiger partial charge in [0.1, 0.15) is 0 Å². The van der Waals surface area contributed by atoms with Crippen LogP contribution in [0.5, 0.6) is 0 Å². The van der Waals surface area contributed by atoms with E-state index in [1.165, 1.54) is 0 Å². The molecule has 0 aliphatic carbocycles. The topological polar surface area (TPSA) is 68.0 Å². The summed E-state index contributed by atoms with van der Waals surface area (Å²) in [5, 5.41) is 6.76. The van der Waals surface area contributed by atoms with E-state index in [9.17, 15) is 4.79 Å². The number of amides is 1. The first kappa shape index (κ1) is 14.0. The molecule has 0 spiro atoms. The fourth-order valence-electron chi connectivity index (χ4n) is 2.06. The zero-order valence-electron chi connectivity index (χ0n) is 12.1. The summed E-state index contributed by atoms with van der Waals surface area (Å²) in [7, 11) is 0. The number of hydrogen-bond acceptors (Lipinski definition) is 4. The monoisotopic (exact) mass is 293 g/mol. The van der Waals surface area contributed by atoms with E-state index in [0.717, 1.165) is 11.1 Å². The third-order valence-electron chi connectivity index (χ3n) is 3.23. The highest BCUT2D eigenvalue weighted by molar-refractivity contribution is 5.94. The number of carbonyl (C=O) groups is 1. The largest absolute Gasteiger partial charge is 0.348 e. The molecule has 1 heterocycles. The van der Waals surface area contributed by atoms with Crippen LogP contribution >= 0.6 is 0 Å². The van der Waals surface area contributed by atoms with Crippen LogP contribution in [0.25, 0.3) is 11.4 Å². The molecule has 0 unspecified atom stereocenters. The van der Waals surface area contributed by atoms with Crippen LogP contribution in [0.4, 0.5) is 0 Å². The van der Waals surface area contributed by atoms with Crippen molar-refractivity contribution in [3.8, 4) is 11.4 Å². The number of nitrogens with one attached hydrogen (secondary N) is 1. The van der Waals surface area contributed by atoms with Crippen LogP contribution in [0.1, 0.15) is 21.8 Å². The molecule has 1 amide bonds. The molecule has 0 atom stereocenters. The third-order valence-corrected chi connectivity index (χ3v) is 3.23. The fraction of sp³-hybridized carbons (Fsp3) is 0.118. The average molecular weight is 293 g/mol. The Kier molecular flexibility index (Phi) is 3.96. The lowest BCUT2D eigenvalue weighted by Crippen LogP contribution is -2.22. The van der Waals surface area contributed by atoms with Crippen LogP contribution in [0.2, 0.25) is 0 Å². The van der Waals surface area contributed by atoms with Gasteiger partial charge in [0, 0.05) is 24.6 Å². The first-order valence-electron chi connectivity index (χ1n) is 6.95. The van der Waals surface area contributed by atoms with Crippen LogP contribution in [0.15, 0.2) is 59.1 Å². The van der Waals surface area contributed by atoms with E-state index in [1.807, 2.05) is 42.5 Å². The molecule has 2 aromatic carbocycles. The molecule has 110 valence electrons. The van der Waals surface area contributed by atoms with E-state index in [1.54, 1.807) is 19.1 Å². The lowest BCUT2D eigenvalue weighted by atomic mass is 10.1. The van der Waals surface area contributed by atoms with Gasteiger partial charge in [-0.25, -0.2) is 0 Å². The van der Waals surface area contributed by atoms with E-state index in [2.05, 4.69) is 15.5 Å². The number of rotatable bonds is 4. The smallest absolute Gasteiger partial charge is 0.251 e. The molecule has 0 radical (unpaired) electrons. The normalized spacial score (nSPS) is 10.4. The predicted molar refractivity (Wildman–Crippen MR) is 82.1 cm³/mol. The van der Waals surface area contributed by atoms with Gasteiger partial charge in [0.15, 0.2) is 0 Å². The standard InChI is InChI=1S/C17H15N3O2/c1-12-19-16(20-22-12)14-9-7-13(8-10-14)11-18-17(21)15-5-3-2-4-6-15/h2-10H,11H2,1H3,(H,18,21). The molecule has 0 fully saturated rings. The van der Waals surface area contributed by atoms with Crippen molar-refractivity contribution in [3.63, 3.8) is 0 Å². The molecular weight excluding hydrogens is 278 g/mol. The summed E-state index contributed by atoms with van der Waals surface area (Å²) < 4.78 is 4.96. The molecular formula is C17H15N3O2. The van der Waals surface area contributed by atoms with Gasteiger partial charge in [-0.15, -0.1) is 0 Å². The molecule has 0 aliphatic rings. The van der Waals surface area contributed by atoms with Gasteiger partial charge in [0.25, 0.3) is 5.91 Å². The van der Waals surface area contributed by atoms with E-state index >= 15 is 0 Å². The maximum Gasteiger partial charge on any atom is 0.251 e. The summed E-state index contributed by atoms with van der Waals surface area (Å²) in [6.07, 6.45) is 0. The molecule has 0 saturated heterocycles. The van der Waals surface area contributed by atoms with E-state index in [-0.39, 0.29) is 5.91 Å². The van der Waals surface area contributed by atoms with Gasteiger partial charge in [-0.3, -0.25) is 4.79 Å². The average Bonchev–Trinajstić information content (AvgIpc) is 3.00. The van der Waals surface area contributed by atoms with Crippen molar-refractivity contribution in [3.05, 3.63) is 71.6 Å². The van der Waals surface area contributed by atoms with Gasteiger partial charge < -0.3 is 9.84 Å². The second-order valence-corrected chi connectivity index (χ2v) is 4.88. The first-order valence-corrected chi connectivity index (χ1v) is 6.95. The van der Waals surface area contributed by atoms with Gasteiger partial charge in [0.05, 0.1) is 0 Å². The molecule has 1 N–H and O–H groups in total. The number of benzene rings is 2. The van der Waals surface area contributed by atoms with Gasteiger partial charge in [-0.2, -0.15) is 4.98 Å². The molecule has 1 aromatic heterocycles. The van der Waals surface area contributed by atoms with Crippen molar-refractivity contribution in [1.82, 2.24) is 15.5 Å². The van der Waals surface area contributed by atoms with Crippen LogP contribution in [0, 0.1) is 6.92 Å². The van der Waals surface area contributed by atoms with Gasteiger partial charge >= 0.3 is 0 Å². The number of hydrogen-bond donors (Lipinski definition) is 1. The summed E-state index contributed by atoms with van der Waals surface area (Å²) in [6.45, 7) is 2.23. The number of nitrogens with zero attached hydrogens (tertiary/aromatic N) is 2. The van der Waals surface area contributed by atoms with Crippen molar-refractivity contribution in [2.24, 2.45) is 0 Å². The number of aromatic nitrogens is 2. The van der Waals surface area contributed by atoms with Gasteiger partial charge in [-0.1, -0.05) is 47.6 Å². The summed E-state index contributed by atoms with van der Waals surface area (Å²) in [4.78, 5) is 16.1. The molecule has 0 saturated carbocycles. The van der Waals surface area contributed by atoms with E-state index in [4.69, 9.17) is 4.52 Å². The SMILES string of the molecule is Cc1nc(-c2ccc(CNC(=O)c3ccccc3)cc2)no1. The van der Waals surface area contributed by atoms with Crippen LogP contribution < -0.4 is 5.32 Å². The Labute approximate surface area is 128 Å². The van der Waals surface area contributed by atoms with E-state index < -0.39 is 0 Å². The summed E-state index contributed by atoms with van der Waals surface area (Å²) in [5.41, 5.74) is 2.55. The Morgan fingerprint density at radius 2 is 1.82 bits per heavy atom. The predicted octanol–water partition coefficient (Wildman–Crippen LogP) is 2.98. The lowest BCUT2D eigenvalue weighted by Gasteiger charge is -2.05. The minimum Gasteiger partial charge on any atom is -0.348 e. The first-order chi connectivity index (χ1) is 10.7. The zero-order valence-corrected chi connectivity index (χ0v) is 12.1. The zero-order chi connectivity index (χ0) is 15.4. The molecule has 5 heteroatoms. The number of carbonyl (C=O) groups excluding carboxylic acids is 1. The second kappa shape index (κ2) is 6.22. The summed E-state index contributed by atoms with van der Waals surface area (Å²) >= 11 is 0. The highest BCUT2D eigenvalue weighted by Crippen LogP contribution is 2.16. The Bertz CT molecular complexity index is 764. The molecule has 22 heavy (non-hydrogen) atoms. The fourth-order valence-corrected chi connectivity index (χ4v) is 2.06. The highest BCUT2D eigenvalue weighted by Gasteiger charge is 2.06. The Hall–Kier alpha value is -2.95. The van der Waals surface area contributed by atoms with Crippen molar-refractivity contribution >= 4 is 5.91 Å². The van der Waals surface area contributed by atoms with Crippen LogP contribution in [-0.2, 0) is 6.54 Å². The van der Waals surface area contributed by atoms with Crippen LogP contribution in [-0.4, -0.2) is 16.0 Å². The lowest BCUT2D eigenvalue weighted by molar-refractivity contribution is 0.0951. The Morgan fingerprint density at radius 1 is 1.09 bits per heavy atom. The molecule has 0 aliphatic heterocycles. The summed E-state index contributed by atoms with van der Waals surface area (Å²) in [5.74, 6) is 1.02. The molecule has 5 nitrogen and oxygen atoms in total. The van der Waals surface area contributed by atoms with Crippen molar-refractivity contribution in [2.45, 2.75) is 13.5 Å². The molecule has 3 aromatic rings. The maximum atomic E-state index is 12.0. The maximum absolute atomic E-state index is 12.0. The Morgan fingerprint density at radius 3 is 2.45 bits per heavy atom. The highest BCUT2D eigenvalue weighted by atomic mass is 16.5. The summed E-state index contributed by atoms with van der Waals surface area (Å²) in [6, 6.07) is 16.8.